The van der Waals surface area contributed by atoms with Gasteiger partial charge in [0.05, 0.1) is 12.4 Å². The molecule has 3 heterocycles. The van der Waals surface area contributed by atoms with Gasteiger partial charge in [-0.15, -0.1) is 0 Å². The Hall–Kier alpha value is -2.67. The molecular formula is C15H13N3O4. The minimum absolute atomic E-state index is 0.106. The molecule has 0 saturated carbocycles. The van der Waals surface area contributed by atoms with Gasteiger partial charge in [0.2, 0.25) is 11.5 Å². The minimum atomic E-state index is -0.461. The van der Waals surface area contributed by atoms with Gasteiger partial charge in [-0.1, -0.05) is 12.1 Å². The lowest BCUT2D eigenvalue weighted by Gasteiger charge is -2.35. The lowest BCUT2D eigenvalue weighted by Crippen LogP contribution is -2.54. The van der Waals surface area contributed by atoms with Gasteiger partial charge in [-0.05, 0) is 12.1 Å². The summed E-state index contributed by atoms with van der Waals surface area (Å²) >= 11 is 0. The van der Waals surface area contributed by atoms with E-state index in [9.17, 15) is 14.7 Å². The normalized spacial score (nSPS) is 15.4. The quantitative estimate of drug-likeness (QED) is 0.737. The van der Waals surface area contributed by atoms with Gasteiger partial charge >= 0.3 is 0 Å². The monoisotopic (exact) mass is 299 g/mol. The summed E-state index contributed by atoms with van der Waals surface area (Å²) in [6.45, 7) is 0.521. The number of β-amino-alcohol motifs (C(OH)–C–C–N with tert-alkyl or cyclic N) is 1. The number of hydrogen-bond acceptors (Lipinski definition) is 5. The molecule has 4 rings (SSSR count). The molecule has 0 unspecified atom stereocenters. The van der Waals surface area contributed by atoms with E-state index in [2.05, 4.69) is 4.98 Å². The second-order valence-corrected chi connectivity index (χ2v) is 5.41. The number of aliphatic hydroxyl groups excluding tert-OH is 1. The second kappa shape index (κ2) is 4.67. The maximum Gasteiger partial charge on any atom is 0.297 e. The van der Waals surface area contributed by atoms with Crippen LogP contribution in [0.3, 0.4) is 0 Å². The fourth-order valence-corrected chi connectivity index (χ4v) is 2.63. The molecule has 1 aliphatic rings. The van der Waals surface area contributed by atoms with Crippen LogP contribution in [-0.4, -0.2) is 44.7 Å². The van der Waals surface area contributed by atoms with Crippen LogP contribution in [0.2, 0.25) is 0 Å². The first-order valence-electron chi connectivity index (χ1n) is 6.96. The number of amides is 1. The number of rotatable bonds is 2. The summed E-state index contributed by atoms with van der Waals surface area (Å²) in [5.74, 6) is -0.218. The van der Waals surface area contributed by atoms with Crippen LogP contribution in [-0.2, 0) is 11.3 Å². The highest BCUT2D eigenvalue weighted by Crippen LogP contribution is 2.24. The molecule has 0 aliphatic carbocycles. The predicted octanol–water partition coefficient (Wildman–Crippen LogP) is 0.346. The van der Waals surface area contributed by atoms with Crippen molar-refractivity contribution in [3.8, 4) is 0 Å². The Bertz CT molecular complexity index is 937. The first-order valence-corrected chi connectivity index (χ1v) is 6.96. The van der Waals surface area contributed by atoms with Crippen molar-refractivity contribution >= 4 is 28.0 Å². The van der Waals surface area contributed by atoms with Crippen LogP contribution in [0.1, 0.15) is 0 Å². The first-order chi connectivity index (χ1) is 10.6. The smallest absolute Gasteiger partial charge is 0.297 e. The van der Waals surface area contributed by atoms with Gasteiger partial charge in [0.25, 0.3) is 5.56 Å². The van der Waals surface area contributed by atoms with Gasteiger partial charge in [0.15, 0.2) is 0 Å². The van der Waals surface area contributed by atoms with Crippen molar-refractivity contribution in [3.05, 3.63) is 40.9 Å². The molecule has 0 atom stereocenters. The number of carbonyl (C=O) groups is 1. The molecule has 1 aromatic carbocycles. The molecule has 2 aromatic heterocycles. The van der Waals surface area contributed by atoms with E-state index in [1.807, 2.05) is 18.2 Å². The van der Waals surface area contributed by atoms with Crippen molar-refractivity contribution in [2.45, 2.75) is 12.6 Å². The zero-order chi connectivity index (χ0) is 15.3. The van der Waals surface area contributed by atoms with Gasteiger partial charge in [-0.3, -0.25) is 14.2 Å². The van der Waals surface area contributed by atoms with Gasteiger partial charge in [-0.25, -0.2) is 4.98 Å². The summed E-state index contributed by atoms with van der Waals surface area (Å²) < 4.78 is 6.80. The average Bonchev–Trinajstić information content (AvgIpc) is 2.86. The van der Waals surface area contributed by atoms with Crippen LogP contribution >= 0.6 is 0 Å². The molecule has 3 aromatic rings. The maximum atomic E-state index is 12.4. The maximum absolute atomic E-state index is 12.4. The van der Waals surface area contributed by atoms with E-state index in [1.54, 1.807) is 6.07 Å². The van der Waals surface area contributed by atoms with Crippen LogP contribution in [0.25, 0.3) is 22.1 Å². The van der Waals surface area contributed by atoms with E-state index in [4.69, 9.17) is 4.42 Å². The summed E-state index contributed by atoms with van der Waals surface area (Å²) in [6, 6.07) is 7.28. The summed E-state index contributed by atoms with van der Waals surface area (Å²) in [4.78, 5) is 30.2. The fraction of sp³-hybridized carbons (Fsp3) is 0.267. The lowest BCUT2D eigenvalue weighted by molar-refractivity contribution is -0.141. The number of hydrogen-bond donors (Lipinski definition) is 1. The number of aromatic nitrogens is 2. The van der Waals surface area contributed by atoms with Crippen molar-refractivity contribution in [1.29, 1.82) is 0 Å². The topological polar surface area (TPSA) is 88.6 Å². The Labute approximate surface area is 124 Å². The van der Waals surface area contributed by atoms with Crippen LogP contribution in [0.4, 0.5) is 0 Å². The Morgan fingerprint density at radius 3 is 2.91 bits per heavy atom. The van der Waals surface area contributed by atoms with E-state index in [-0.39, 0.29) is 23.6 Å². The first kappa shape index (κ1) is 13.0. The molecule has 22 heavy (non-hydrogen) atoms. The molecule has 1 saturated heterocycles. The summed E-state index contributed by atoms with van der Waals surface area (Å²) in [5, 5.41) is 10.00. The molecule has 0 radical (unpaired) electrons. The predicted molar refractivity (Wildman–Crippen MR) is 78.4 cm³/mol. The highest BCUT2D eigenvalue weighted by atomic mass is 16.3. The molecule has 7 nitrogen and oxygen atoms in total. The van der Waals surface area contributed by atoms with E-state index in [1.165, 1.54) is 15.8 Å². The Morgan fingerprint density at radius 1 is 1.36 bits per heavy atom. The van der Waals surface area contributed by atoms with E-state index in [0.717, 1.165) is 5.39 Å². The number of para-hydroxylation sites is 1. The van der Waals surface area contributed by atoms with Gasteiger partial charge < -0.3 is 14.4 Å². The SMILES string of the molecule is O=C(Cn1cnc2c(oc3ccccc32)c1=O)N1CC(O)C1. The average molecular weight is 299 g/mol. The third-order valence-electron chi connectivity index (χ3n) is 3.87. The molecule has 0 bridgehead atoms. The second-order valence-electron chi connectivity index (χ2n) is 5.41. The number of nitrogens with zero attached hydrogens (tertiary/aromatic N) is 3. The van der Waals surface area contributed by atoms with E-state index < -0.39 is 6.10 Å². The zero-order valence-corrected chi connectivity index (χ0v) is 11.6. The number of likely N-dealkylation sites (tertiary alicyclic amines) is 1. The Kier molecular flexibility index (Phi) is 2.77. The molecular weight excluding hydrogens is 286 g/mol. The standard InChI is InChI=1S/C15H13N3O4/c19-9-5-17(6-9)12(20)7-18-8-16-13-10-3-1-2-4-11(10)22-14(13)15(18)21/h1-4,8-9,19H,5-7H2. The summed E-state index contributed by atoms with van der Waals surface area (Å²) in [6.07, 6.45) is 0.900. The van der Waals surface area contributed by atoms with Crippen LogP contribution in [0.15, 0.2) is 39.8 Å². The lowest BCUT2D eigenvalue weighted by atomic mass is 10.2. The largest absolute Gasteiger partial charge is 0.448 e. The fourth-order valence-electron chi connectivity index (χ4n) is 2.63. The van der Waals surface area contributed by atoms with Crippen molar-refractivity contribution < 1.29 is 14.3 Å². The molecule has 7 heteroatoms. The number of aliphatic hydroxyl groups is 1. The molecule has 1 amide bonds. The Balaban J connectivity index is 1.73. The van der Waals surface area contributed by atoms with Crippen molar-refractivity contribution in [1.82, 2.24) is 14.5 Å². The van der Waals surface area contributed by atoms with Gasteiger partial charge in [-0.2, -0.15) is 0 Å². The van der Waals surface area contributed by atoms with Crippen LogP contribution < -0.4 is 5.56 Å². The van der Waals surface area contributed by atoms with E-state index >= 15 is 0 Å². The number of furan rings is 1. The minimum Gasteiger partial charge on any atom is -0.448 e. The van der Waals surface area contributed by atoms with Gasteiger partial charge in [0, 0.05) is 18.5 Å². The summed E-state index contributed by atoms with van der Waals surface area (Å²) in [5.41, 5.74) is 0.872. The molecule has 112 valence electrons. The summed E-state index contributed by atoms with van der Waals surface area (Å²) in [7, 11) is 0. The van der Waals surface area contributed by atoms with Crippen molar-refractivity contribution in [2.24, 2.45) is 0 Å². The third-order valence-corrected chi connectivity index (χ3v) is 3.87. The highest BCUT2D eigenvalue weighted by Gasteiger charge is 2.29. The van der Waals surface area contributed by atoms with Gasteiger partial charge in [0.1, 0.15) is 17.6 Å². The molecule has 1 aliphatic heterocycles. The highest BCUT2D eigenvalue weighted by molar-refractivity contribution is 6.01. The Morgan fingerprint density at radius 2 is 2.14 bits per heavy atom. The van der Waals surface area contributed by atoms with E-state index in [0.29, 0.717) is 24.2 Å². The zero-order valence-electron chi connectivity index (χ0n) is 11.6. The number of benzene rings is 1. The van der Waals surface area contributed by atoms with Crippen molar-refractivity contribution in [2.75, 3.05) is 13.1 Å². The van der Waals surface area contributed by atoms with Crippen LogP contribution in [0, 0.1) is 0 Å². The molecule has 1 N–H and O–H groups in total. The molecule has 0 spiro atoms. The van der Waals surface area contributed by atoms with Crippen LogP contribution in [0.5, 0.6) is 0 Å². The number of fused-ring (bicyclic) bond motifs is 3. The third kappa shape index (κ3) is 1.90. The number of carbonyl (C=O) groups excluding carboxylic acids is 1. The van der Waals surface area contributed by atoms with Crippen molar-refractivity contribution in [3.63, 3.8) is 0 Å². The molecule has 1 fully saturated rings.